The van der Waals surface area contributed by atoms with Gasteiger partial charge in [0.25, 0.3) is 5.91 Å². The topological polar surface area (TPSA) is 84.2 Å². The van der Waals surface area contributed by atoms with Crippen molar-refractivity contribution in [3.63, 3.8) is 0 Å². The van der Waals surface area contributed by atoms with Gasteiger partial charge in [-0.2, -0.15) is 5.10 Å². The fraction of sp³-hybridized carbons (Fsp3) is 0.353. The Bertz CT molecular complexity index is 742. The largest absolute Gasteiger partial charge is 0.480 e. The molecule has 128 valence electrons. The Hall–Kier alpha value is -2.34. The summed E-state index contributed by atoms with van der Waals surface area (Å²) < 4.78 is 1.52. The Morgan fingerprint density at radius 2 is 2.08 bits per heavy atom. The van der Waals surface area contributed by atoms with E-state index in [1.54, 1.807) is 31.3 Å². The zero-order valence-electron chi connectivity index (χ0n) is 13.6. The Morgan fingerprint density at radius 1 is 1.38 bits per heavy atom. The monoisotopic (exact) mass is 349 g/mol. The molecule has 6 nitrogen and oxygen atoms in total. The molecule has 0 saturated heterocycles. The Balaban J connectivity index is 2.21. The van der Waals surface area contributed by atoms with Gasteiger partial charge in [0.15, 0.2) is 5.69 Å². The molecule has 7 heteroatoms. The van der Waals surface area contributed by atoms with Crippen molar-refractivity contribution in [2.45, 2.75) is 39.2 Å². The molecule has 1 aromatic carbocycles. The van der Waals surface area contributed by atoms with E-state index in [-0.39, 0.29) is 5.69 Å². The number of unbranched alkanes of at least 4 members (excludes halogenated alkanes) is 1. The Morgan fingerprint density at radius 3 is 2.71 bits per heavy atom. The van der Waals surface area contributed by atoms with Crippen molar-refractivity contribution in [2.24, 2.45) is 0 Å². The Labute approximate surface area is 145 Å². The van der Waals surface area contributed by atoms with Gasteiger partial charge in [-0.3, -0.25) is 4.79 Å². The summed E-state index contributed by atoms with van der Waals surface area (Å²) in [6.45, 7) is 3.72. The average molecular weight is 350 g/mol. The van der Waals surface area contributed by atoms with Crippen LogP contribution >= 0.6 is 11.6 Å². The van der Waals surface area contributed by atoms with E-state index < -0.39 is 17.9 Å². The second kappa shape index (κ2) is 7.97. The van der Waals surface area contributed by atoms with Gasteiger partial charge in [-0.1, -0.05) is 43.5 Å². The van der Waals surface area contributed by atoms with Crippen molar-refractivity contribution in [3.05, 3.63) is 46.7 Å². The molecular weight excluding hydrogens is 330 g/mol. The smallest absolute Gasteiger partial charge is 0.326 e. The second-order valence-corrected chi connectivity index (χ2v) is 5.97. The number of hydrogen-bond acceptors (Lipinski definition) is 3. The van der Waals surface area contributed by atoms with Crippen LogP contribution in [0.3, 0.4) is 0 Å². The van der Waals surface area contributed by atoms with Gasteiger partial charge in [-0.25, -0.2) is 9.48 Å². The van der Waals surface area contributed by atoms with Gasteiger partial charge in [-0.05, 0) is 25.5 Å². The first-order valence-electron chi connectivity index (χ1n) is 7.78. The predicted molar refractivity (Wildman–Crippen MR) is 91.7 cm³/mol. The minimum atomic E-state index is -1.04. The van der Waals surface area contributed by atoms with E-state index in [9.17, 15) is 14.7 Å². The van der Waals surface area contributed by atoms with Crippen molar-refractivity contribution in [3.8, 4) is 5.69 Å². The molecule has 1 amide bonds. The van der Waals surface area contributed by atoms with E-state index in [0.717, 1.165) is 12.8 Å². The summed E-state index contributed by atoms with van der Waals surface area (Å²) in [6.07, 6.45) is 3.67. The maximum absolute atomic E-state index is 12.4. The lowest BCUT2D eigenvalue weighted by atomic mass is 10.1. The number of carbonyl (C=O) groups is 2. The highest BCUT2D eigenvalue weighted by atomic mass is 35.5. The number of carbonyl (C=O) groups excluding carboxylic acids is 1. The number of aliphatic carboxylic acids is 1. The normalized spacial score (nSPS) is 12.0. The molecule has 2 aromatic rings. The lowest BCUT2D eigenvalue weighted by Crippen LogP contribution is -2.41. The molecule has 1 aromatic heterocycles. The quantitative estimate of drug-likeness (QED) is 0.803. The fourth-order valence-corrected chi connectivity index (χ4v) is 2.56. The summed E-state index contributed by atoms with van der Waals surface area (Å²) in [7, 11) is 0. The zero-order chi connectivity index (χ0) is 17.7. The second-order valence-electron chi connectivity index (χ2n) is 5.56. The van der Waals surface area contributed by atoms with E-state index in [1.165, 1.54) is 4.68 Å². The maximum Gasteiger partial charge on any atom is 0.326 e. The number of rotatable bonds is 7. The van der Waals surface area contributed by atoms with Crippen LogP contribution in [0, 0.1) is 6.92 Å². The first kappa shape index (κ1) is 18.0. The van der Waals surface area contributed by atoms with Crippen LogP contribution in [0.15, 0.2) is 30.5 Å². The van der Waals surface area contributed by atoms with E-state index in [2.05, 4.69) is 10.4 Å². The number of halogens is 1. The standard InChI is InChI=1S/C17H20ClN3O3/c1-3-4-8-13(17(23)24)19-16(22)15-11(2)10-21(20-15)14-9-6-5-7-12(14)18/h5-7,9-10,13H,3-4,8H2,1-2H3,(H,19,22)(H,23,24)/t13-/m0/s1. The van der Waals surface area contributed by atoms with Crippen LogP contribution in [0.2, 0.25) is 5.02 Å². The van der Waals surface area contributed by atoms with Crippen LogP contribution in [0.4, 0.5) is 0 Å². The van der Waals surface area contributed by atoms with E-state index >= 15 is 0 Å². The van der Waals surface area contributed by atoms with Gasteiger partial charge < -0.3 is 10.4 Å². The molecule has 2 rings (SSSR count). The van der Waals surface area contributed by atoms with Crippen molar-refractivity contribution in [1.82, 2.24) is 15.1 Å². The average Bonchev–Trinajstić information content (AvgIpc) is 2.93. The number of hydrogen-bond donors (Lipinski definition) is 2. The zero-order valence-corrected chi connectivity index (χ0v) is 14.4. The summed E-state index contributed by atoms with van der Waals surface area (Å²) in [4.78, 5) is 23.7. The first-order valence-corrected chi connectivity index (χ1v) is 8.16. The number of nitrogens with zero attached hydrogens (tertiary/aromatic N) is 2. The summed E-state index contributed by atoms with van der Waals surface area (Å²) in [5.41, 5.74) is 1.49. The first-order chi connectivity index (χ1) is 11.4. The summed E-state index contributed by atoms with van der Waals surface area (Å²) in [5.74, 6) is -1.54. The predicted octanol–water partition coefficient (Wildman–Crippen LogP) is 3.21. The molecule has 24 heavy (non-hydrogen) atoms. The minimum Gasteiger partial charge on any atom is -0.480 e. The van der Waals surface area contributed by atoms with Gasteiger partial charge in [0.05, 0.1) is 10.7 Å². The van der Waals surface area contributed by atoms with E-state index in [1.807, 2.05) is 13.0 Å². The van der Waals surface area contributed by atoms with Crippen molar-refractivity contribution in [1.29, 1.82) is 0 Å². The van der Waals surface area contributed by atoms with E-state index in [4.69, 9.17) is 11.6 Å². The van der Waals surface area contributed by atoms with Gasteiger partial charge in [-0.15, -0.1) is 0 Å². The lowest BCUT2D eigenvalue weighted by molar-refractivity contribution is -0.139. The molecule has 0 aliphatic heterocycles. The number of benzene rings is 1. The highest BCUT2D eigenvalue weighted by molar-refractivity contribution is 6.32. The van der Waals surface area contributed by atoms with Gasteiger partial charge in [0, 0.05) is 11.8 Å². The number of carboxylic acids is 1. The summed E-state index contributed by atoms with van der Waals surface area (Å²) in [5, 5.41) is 16.5. The minimum absolute atomic E-state index is 0.192. The molecule has 1 heterocycles. The number of aryl methyl sites for hydroxylation is 1. The van der Waals surface area contributed by atoms with Gasteiger partial charge in [0.2, 0.25) is 0 Å². The lowest BCUT2D eigenvalue weighted by Gasteiger charge is -2.13. The van der Waals surface area contributed by atoms with Crippen LogP contribution in [-0.2, 0) is 4.79 Å². The molecule has 0 unspecified atom stereocenters. The van der Waals surface area contributed by atoms with Crippen molar-refractivity contribution in [2.75, 3.05) is 0 Å². The fourth-order valence-electron chi connectivity index (χ4n) is 2.34. The Kier molecular flexibility index (Phi) is 5.98. The summed E-state index contributed by atoms with van der Waals surface area (Å²) in [6, 6.07) is 6.24. The number of para-hydroxylation sites is 1. The number of aromatic nitrogens is 2. The number of nitrogens with one attached hydrogen (secondary N) is 1. The van der Waals surface area contributed by atoms with Crippen LogP contribution < -0.4 is 5.32 Å². The number of carboxylic acid groups (broad SMARTS) is 1. The van der Waals surface area contributed by atoms with Crippen molar-refractivity contribution < 1.29 is 14.7 Å². The molecule has 0 saturated carbocycles. The van der Waals surface area contributed by atoms with Crippen molar-refractivity contribution >= 4 is 23.5 Å². The van der Waals surface area contributed by atoms with Crippen LogP contribution in [-0.4, -0.2) is 32.8 Å². The van der Waals surface area contributed by atoms with Crippen LogP contribution in [0.1, 0.15) is 42.2 Å². The van der Waals surface area contributed by atoms with Gasteiger partial charge in [0.1, 0.15) is 6.04 Å². The van der Waals surface area contributed by atoms with Gasteiger partial charge >= 0.3 is 5.97 Å². The van der Waals surface area contributed by atoms with Crippen LogP contribution in [0.5, 0.6) is 0 Å². The third-order valence-corrected chi connectivity index (χ3v) is 3.98. The molecule has 0 spiro atoms. The van der Waals surface area contributed by atoms with E-state index in [0.29, 0.717) is 22.7 Å². The highest BCUT2D eigenvalue weighted by Gasteiger charge is 2.23. The number of amides is 1. The molecule has 0 bridgehead atoms. The highest BCUT2D eigenvalue weighted by Crippen LogP contribution is 2.20. The molecule has 1 atom stereocenters. The molecule has 0 fully saturated rings. The SMILES string of the molecule is CCCC[C@H](NC(=O)c1nn(-c2ccccc2Cl)cc1C)C(=O)O. The molecular formula is C17H20ClN3O3. The molecule has 2 N–H and O–H groups in total. The van der Waals surface area contributed by atoms with Crippen LogP contribution in [0.25, 0.3) is 5.69 Å². The summed E-state index contributed by atoms with van der Waals surface area (Å²) >= 11 is 6.14. The molecule has 0 aliphatic carbocycles. The maximum atomic E-state index is 12.4. The molecule has 0 radical (unpaired) electrons. The third-order valence-electron chi connectivity index (χ3n) is 3.66. The third kappa shape index (κ3) is 4.14. The molecule has 0 aliphatic rings.